The van der Waals surface area contributed by atoms with Crippen molar-refractivity contribution in [3.8, 4) is 0 Å². The number of H-pyrrole nitrogens is 1. The molecule has 1 unspecified atom stereocenters. The van der Waals surface area contributed by atoms with Crippen molar-refractivity contribution >= 4 is 17.8 Å². The molecule has 1 aromatic carbocycles. The summed E-state index contributed by atoms with van der Waals surface area (Å²) in [5.74, 6) is -0.536. The van der Waals surface area contributed by atoms with Gasteiger partial charge < -0.3 is 15.0 Å². The van der Waals surface area contributed by atoms with Crippen molar-refractivity contribution in [2.45, 2.75) is 64.1 Å². The Kier molecular flexibility index (Phi) is 6.93. The number of aromatic amines is 1. The van der Waals surface area contributed by atoms with Crippen LogP contribution in [-0.2, 0) is 16.8 Å². The second-order valence-corrected chi connectivity index (χ2v) is 10.1. The summed E-state index contributed by atoms with van der Waals surface area (Å²) in [4.78, 5) is 29.7. The highest BCUT2D eigenvalue weighted by Gasteiger charge is 2.45. The van der Waals surface area contributed by atoms with Gasteiger partial charge >= 0.3 is 6.09 Å². The number of aromatic nitrogens is 2. The van der Waals surface area contributed by atoms with Crippen LogP contribution in [-0.4, -0.2) is 58.7 Å². The highest BCUT2D eigenvalue weighted by atomic mass is 19.1. The second-order valence-electron chi connectivity index (χ2n) is 10.1. The Hall–Kier alpha value is -2.94. The SMILES string of the molecule is CN(C)CC(OC(=O)N1Cc2c(NC(=O)c3ccccc3F)n[nH]c2C1(C)C)C1CCCCC1. The molecule has 4 rings (SSSR count). The Morgan fingerprint density at radius 1 is 1.26 bits per heavy atom. The summed E-state index contributed by atoms with van der Waals surface area (Å²) in [5.41, 5.74) is 0.672. The van der Waals surface area contributed by atoms with E-state index in [4.69, 9.17) is 4.74 Å². The molecule has 2 amide bonds. The van der Waals surface area contributed by atoms with Gasteiger partial charge in [-0.1, -0.05) is 31.4 Å². The van der Waals surface area contributed by atoms with E-state index in [-0.39, 0.29) is 24.3 Å². The number of hydrogen-bond donors (Lipinski definition) is 2. The van der Waals surface area contributed by atoms with E-state index < -0.39 is 17.3 Å². The van der Waals surface area contributed by atoms with Gasteiger partial charge in [0.2, 0.25) is 0 Å². The Labute approximate surface area is 199 Å². The number of fused-ring (bicyclic) bond motifs is 1. The maximum atomic E-state index is 14.0. The number of carbonyl (C=O) groups excluding carboxylic acids is 2. The fourth-order valence-corrected chi connectivity index (χ4v) is 5.07. The van der Waals surface area contributed by atoms with E-state index in [1.54, 1.807) is 11.0 Å². The predicted octanol–water partition coefficient (Wildman–Crippen LogP) is 4.50. The van der Waals surface area contributed by atoms with E-state index in [2.05, 4.69) is 20.4 Å². The molecule has 9 heteroatoms. The monoisotopic (exact) mass is 471 g/mol. The minimum absolute atomic E-state index is 0.0632. The van der Waals surface area contributed by atoms with Crippen LogP contribution in [0.1, 0.15) is 67.6 Å². The summed E-state index contributed by atoms with van der Waals surface area (Å²) in [6.45, 7) is 4.76. The lowest BCUT2D eigenvalue weighted by molar-refractivity contribution is -0.00392. The summed E-state index contributed by atoms with van der Waals surface area (Å²) in [5, 5.41) is 9.89. The van der Waals surface area contributed by atoms with E-state index in [9.17, 15) is 14.0 Å². The number of nitrogens with zero attached hydrogens (tertiary/aromatic N) is 3. The largest absolute Gasteiger partial charge is 0.444 e. The molecule has 0 radical (unpaired) electrons. The van der Waals surface area contributed by atoms with Crippen molar-refractivity contribution in [1.82, 2.24) is 20.0 Å². The smallest absolute Gasteiger partial charge is 0.411 e. The molecule has 1 aromatic heterocycles. The molecule has 2 aliphatic rings. The van der Waals surface area contributed by atoms with E-state index in [1.807, 2.05) is 27.9 Å². The lowest BCUT2D eigenvalue weighted by Gasteiger charge is -2.36. The molecule has 0 saturated heterocycles. The first-order valence-corrected chi connectivity index (χ1v) is 11.9. The minimum Gasteiger partial charge on any atom is -0.444 e. The molecular weight excluding hydrogens is 437 g/mol. The number of nitrogens with one attached hydrogen (secondary N) is 2. The van der Waals surface area contributed by atoms with Crippen molar-refractivity contribution in [2.75, 3.05) is 26.0 Å². The molecule has 0 bridgehead atoms. The molecule has 2 N–H and O–H groups in total. The number of amides is 2. The maximum absolute atomic E-state index is 14.0. The van der Waals surface area contributed by atoms with Crippen LogP contribution in [0.4, 0.5) is 15.0 Å². The highest BCUT2D eigenvalue weighted by Crippen LogP contribution is 2.41. The lowest BCUT2D eigenvalue weighted by Crippen LogP contribution is -2.45. The summed E-state index contributed by atoms with van der Waals surface area (Å²) in [7, 11) is 3.98. The molecule has 1 saturated carbocycles. The van der Waals surface area contributed by atoms with Gasteiger partial charge in [-0.05, 0) is 58.8 Å². The van der Waals surface area contributed by atoms with E-state index in [0.29, 0.717) is 23.8 Å². The fraction of sp³-hybridized carbons (Fsp3) is 0.560. The molecule has 34 heavy (non-hydrogen) atoms. The standard InChI is InChI=1S/C25H34FN5O3/c1-25(2)21-18(22(29-28-21)27-23(32)17-12-8-9-13-19(17)26)14-31(25)24(33)34-20(15-30(3)4)16-10-6-5-7-11-16/h8-9,12-13,16,20H,5-7,10-11,14-15H2,1-4H3,(H2,27,28,29,32). The van der Waals surface area contributed by atoms with Crippen LogP contribution < -0.4 is 5.32 Å². The molecule has 1 aliphatic heterocycles. The lowest BCUT2D eigenvalue weighted by atomic mass is 9.85. The molecule has 1 fully saturated rings. The molecular formula is C25H34FN5O3. The quantitative estimate of drug-likeness (QED) is 0.647. The normalized spacial score (nSPS) is 18.6. The minimum atomic E-state index is -0.699. The van der Waals surface area contributed by atoms with Crippen LogP contribution in [0.15, 0.2) is 24.3 Å². The van der Waals surface area contributed by atoms with Crippen molar-refractivity contribution in [3.63, 3.8) is 0 Å². The number of ether oxygens (including phenoxy) is 1. The Balaban J connectivity index is 1.50. The fourth-order valence-electron chi connectivity index (χ4n) is 5.07. The zero-order valence-corrected chi connectivity index (χ0v) is 20.4. The number of benzene rings is 1. The van der Waals surface area contributed by atoms with Crippen molar-refractivity contribution in [1.29, 1.82) is 0 Å². The molecule has 0 spiro atoms. The highest BCUT2D eigenvalue weighted by molar-refractivity contribution is 6.04. The molecule has 184 valence electrons. The first kappa shape index (κ1) is 24.2. The van der Waals surface area contributed by atoms with Gasteiger partial charge in [-0.3, -0.25) is 14.8 Å². The van der Waals surface area contributed by atoms with Crippen LogP contribution in [0.25, 0.3) is 0 Å². The molecule has 2 heterocycles. The Bertz CT molecular complexity index is 1040. The average molecular weight is 472 g/mol. The van der Waals surface area contributed by atoms with E-state index >= 15 is 0 Å². The number of halogens is 1. The van der Waals surface area contributed by atoms with Gasteiger partial charge in [0.15, 0.2) is 5.82 Å². The van der Waals surface area contributed by atoms with E-state index in [0.717, 1.165) is 18.5 Å². The number of hydrogen-bond acceptors (Lipinski definition) is 5. The zero-order valence-electron chi connectivity index (χ0n) is 20.4. The van der Waals surface area contributed by atoms with Gasteiger partial charge in [0.05, 0.1) is 23.3 Å². The summed E-state index contributed by atoms with van der Waals surface area (Å²) in [6.07, 6.45) is 5.18. The Morgan fingerprint density at radius 3 is 2.65 bits per heavy atom. The third kappa shape index (κ3) is 4.80. The topological polar surface area (TPSA) is 90.6 Å². The number of carbonyl (C=O) groups is 2. The average Bonchev–Trinajstić information content (AvgIpc) is 3.31. The summed E-state index contributed by atoms with van der Waals surface area (Å²) in [6, 6.07) is 5.79. The first-order valence-electron chi connectivity index (χ1n) is 11.9. The maximum Gasteiger partial charge on any atom is 0.411 e. The summed E-state index contributed by atoms with van der Waals surface area (Å²) < 4.78 is 20.1. The van der Waals surface area contributed by atoms with Gasteiger partial charge in [-0.15, -0.1) is 0 Å². The first-order chi connectivity index (χ1) is 16.2. The van der Waals surface area contributed by atoms with Gasteiger partial charge in [0.25, 0.3) is 5.91 Å². The number of likely N-dealkylation sites (N-methyl/N-ethyl adjacent to an activating group) is 1. The Morgan fingerprint density at radius 2 is 1.97 bits per heavy atom. The van der Waals surface area contributed by atoms with Crippen molar-refractivity contribution in [3.05, 3.63) is 46.9 Å². The van der Waals surface area contributed by atoms with Crippen LogP contribution in [0.3, 0.4) is 0 Å². The van der Waals surface area contributed by atoms with Crippen LogP contribution >= 0.6 is 0 Å². The predicted molar refractivity (Wildman–Crippen MR) is 127 cm³/mol. The molecule has 8 nitrogen and oxygen atoms in total. The van der Waals surface area contributed by atoms with Crippen molar-refractivity contribution in [2.24, 2.45) is 5.92 Å². The van der Waals surface area contributed by atoms with Gasteiger partial charge in [-0.25, -0.2) is 9.18 Å². The van der Waals surface area contributed by atoms with Gasteiger partial charge in [0.1, 0.15) is 11.9 Å². The van der Waals surface area contributed by atoms with Crippen LogP contribution in [0, 0.1) is 11.7 Å². The van der Waals surface area contributed by atoms with E-state index in [1.165, 1.54) is 37.5 Å². The zero-order chi connectivity index (χ0) is 24.5. The van der Waals surface area contributed by atoms with Gasteiger partial charge in [0, 0.05) is 12.1 Å². The van der Waals surface area contributed by atoms with Crippen LogP contribution in [0.2, 0.25) is 0 Å². The second kappa shape index (κ2) is 9.74. The van der Waals surface area contributed by atoms with Gasteiger partial charge in [-0.2, -0.15) is 5.10 Å². The molecule has 2 aromatic rings. The third-order valence-electron chi connectivity index (χ3n) is 7.01. The molecule has 1 aliphatic carbocycles. The molecule has 1 atom stereocenters. The van der Waals surface area contributed by atoms with Crippen LogP contribution in [0.5, 0.6) is 0 Å². The number of anilines is 1. The van der Waals surface area contributed by atoms with Crippen molar-refractivity contribution < 1.29 is 18.7 Å². The summed E-state index contributed by atoms with van der Waals surface area (Å²) >= 11 is 0. The third-order valence-corrected chi connectivity index (χ3v) is 7.01. The number of rotatable bonds is 6.